The molecule has 0 atom stereocenters. The second-order valence-electron chi connectivity index (χ2n) is 4.62. The Morgan fingerprint density at radius 3 is 2.82 bits per heavy atom. The maximum Gasteiger partial charge on any atom is 0.0451 e. The second-order valence-corrected chi connectivity index (χ2v) is 5.47. The summed E-state index contributed by atoms with van der Waals surface area (Å²) in [5.74, 6) is 0. The van der Waals surface area contributed by atoms with Crippen molar-refractivity contribution in [1.29, 1.82) is 0 Å². The first kappa shape index (κ1) is 13.2. The minimum atomic E-state index is 0.737. The number of halogens is 2. The molecule has 1 aliphatic carbocycles. The molecule has 0 heterocycles. The van der Waals surface area contributed by atoms with E-state index < -0.39 is 0 Å². The van der Waals surface area contributed by atoms with Crippen LogP contribution < -0.4 is 5.32 Å². The maximum absolute atomic E-state index is 6.09. The van der Waals surface area contributed by atoms with E-state index in [9.17, 15) is 0 Å². The van der Waals surface area contributed by atoms with E-state index in [-0.39, 0.29) is 0 Å². The fraction of sp³-hybridized carbons (Fsp3) is 0.538. The lowest BCUT2D eigenvalue weighted by Crippen LogP contribution is -2.30. The van der Waals surface area contributed by atoms with Gasteiger partial charge in [0.25, 0.3) is 0 Å². The molecule has 1 aromatic rings. The first-order valence-corrected chi connectivity index (χ1v) is 6.77. The van der Waals surface area contributed by atoms with Crippen molar-refractivity contribution in [3.63, 3.8) is 0 Å². The molecular weight excluding hydrogens is 255 g/mol. The summed E-state index contributed by atoms with van der Waals surface area (Å²) in [6.07, 6.45) is 2.72. The van der Waals surface area contributed by atoms with Crippen LogP contribution in [0.1, 0.15) is 18.4 Å². The zero-order valence-electron chi connectivity index (χ0n) is 10.0. The molecule has 2 nitrogen and oxygen atoms in total. The number of nitrogens with zero attached hydrogens (tertiary/aromatic N) is 1. The Morgan fingerprint density at radius 1 is 1.35 bits per heavy atom. The van der Waals surface area contributed by atoms with E-state index in [1.165, 1.54) is 12.8 Å². The van der Waals surface area contributed by atoms with Gasteiger partial charge in [0.05, 0.1) is 0 Å². The third-order valence-corrected chi connectivity index (χ3v) is 3.74. The Balaban J connectivity index is 1.71. The minimum absolute atomic E-state index is 0.737. The van der Waals surface area contributed by atoms with Crippen molar-refractivity contribution in [2.75, 3.05) is 20.1 Å². The highest BCUT2D eigenvalue weighted by Crippen LogP contribution is 2.24. The van der Waals surface area contributed by atoms with Crippen molar-refractivity contribution in [1.82, 2.24) is 10.2 Å². The van der Waals surface area contributed by atoms with Gasteiger partial charge in [0.15, 0.2) is 0 Å². The number of likely N-dealkylation sites (N-methyl/N-ethyl adjacent to an activating group) is 1. The molecule has 4 heteroatoms. The lowest BCUT2D eigenvalue weighted by atomic mass is 10.2. The molecular formula is C13H18Cl2N2. The van der Waals surface area contributed by atoms with Crippen molar-refractivity contribution in [2.45, 2.75) is 25.4 Å². The van der Waals surface area contributed by atoms with Crippen LogP contribution in [0.2, 0.25) is 10.0 Å². The van der Waals surface area contributed by atoms with Gasteiger partial charge in [-0.05, 0) is 43.7 Å². The highest BCUT2D eigenvalue weighted by Gasteiger charge is 2.25. The molecule has 17 heavy (non-hydrogen) atoms. The van der Waals surface area contributed by atoms with Gasteiger partial charge in [-0.1, -0.05) is 23.2 Å². The molecule has 0 aliphatic heterocycles. The zero-order chi connectivity index (χ0) is 12.3. The maximum atomic E-state index is 6.09. The molecule has 2 rings (SSSR count). The Hall–Kier alpha value is -0.280. The van der Waals surface area contributed by atoms with E-state index in [2.05, 4.69) is 17.3 Å². The van der Waals surface area contributed by atoms with E-state index in [4.69, 9.17) is 23.2 Å². The van der Waals surface area contributed by atoms with Gasteiger partial charge in [-0.25, -0.2) is 0 Å². The Labute approximate surface area is 113 Å². The normalized spacial score (nSPS) is 15.5. The highest BCUT2D eigenvalue weighted by molar-refractivity contribution is 6.33. The van der Waals surface area contributed by atoms with Gasteiger partial charge in [-0.2, -0.15) is 0 Å². The Kier molecular flexibility index (Phi) is 4.69. The van der Waals surface area contributed by atoms with E-state index in [0.29, 0.717) is 0 Å². The summed E-state index contributed by atoms with van der Waals surface area (Å²) in [4.78, 5) is 2.41. The number of benzene rings is 1. The monoisotopic (exact) mass is 272 g/mol. The summed E-state index contributed by atoms with van der Waals surface area (Å²) >= 11 is 12.0. The van der Waals surface area contributed by atoms with Crippen LogP contribution in [0.5, 0.6) is 0 Å². The van der Waals surface area contributed by atoms with Crippen LogP contribution in [0.4, 0.5) is 0 Å². The Bertz CT molecular complexity index is 378. The van der Waals surface area contributed by atoms with Crippen molar-refractivity contribution in [2.24, 2.45) is 0 Å². The van der Waals surface area contributed by atoms with Crippen LogP contribution in [0, 0.1) is 0 Å². The molecule has 1 aliphatic rings. The van der Waals surface area contributed by atoms with Gasteiger partial charge in [0, 0.05) is 35.7 Å². The highest BCUT2D eigenvalue weighted by atomic mass is 35.5. The van der Waals surface area contributed by atoms with Crippen molar-refractivity contribution in [3.05, 3.63) is 33.8 Å². The molecule has 0 amide bonds. The van der Waals surface area contributed by atoms with Crippen molar-refractivity contribution < 1.29 is 0 Å². The van der Waals surface area contributed by atoms with Gasteiger partial charge in [-0.3, -0.25) is 0 Å². The molecule has 0 spiro atoms. The number of nitrogens with one attached hydrogen (secondary N) is 1. The molecule has 0 unspecified atom stereocenters. The van der Waals surface area contributed by atoms with Crippen LogP contribution >= 0.6 is 23.2 Å². The topological polar surface area (TPSA) is 15.3 Å². The molecule has 0 bridgehead atoms. The smallest absolute Gasteiger partial charge is 0.0451 e. The number of hydrogen-bond acceptors (Lipinski definition) is 2. The number of rotatable bonds is 6. The third-order valence-electron chi connectivity index (χ3n) is 3.13. The second kappa shape index (κ2) is 6.05. The van der Waals surface area contributed by atoms with Crippen LogP contribution in [0.25, 0.3) is 0 Å². The Morgan fingerprint density at radius 2 is 2.12 bits per heavy atom. The average molecular weight is 273 g/mol. The first-order chi connectivity index (χ1) is 8.16. The summed E-state index contributed by atoms with van der Waals surface area (Å²) in [5, 5.41) is 4.91. The van der Waals surface area contributed by atoms with Gasteiger partial charge in [0.2, 0.25) is 0 Å². The lowest BCUT2D eigenvalue weighted by molar-refractivity contribution is 0.321. The molecule has 0 saturated heterocycles. The largest absolute Gasteiger partial charge is 0.311 e. The van der Waals surface area contributed by atoms with Gasteiger partial charge < -0.3 is 10.2 Å². The average Bonchev–Trinajstić information content (AvgIpc) is 3.12. The summed E-state index contributed by atoms with van der Waals surface area (Å²) in [5.41, 5.74) is 1.06. The van der Waals surface area contributed by atoms with Crippen LogP contribution in [0.3, 0.4) is 0 Å². The minimum Gasteiger partial charge on any atom is -0.311 e. The van der Waals surface area contributed by atoms with Gasteiger partial charge >= 0.3 is 0 Å². The summed E-state index contributed by atoms with van der Waals surface area (Å²) in [6.45, 7) is 2.84. The standard InChI is InChI=1S/C13H18Cl2N2/c1-17(12-3-4-12)7-6-16-9-10-8-11(14)2-5-13(10)15/h2,5,8,12,16H,3-4,6-7,9H2,1H3. The van der Waals surface area contributed by atoms with Crippen LogP contribution in [-0.4, -0.2) is 31.1 Å². The molecule has 1 N–H and O–H groups in total. The zero-order valence-corrected chi connectivity index (χ0v) is 11.6. The van der Waals surface area contributed by atoms with E-state index in [0.717, 1.165) is 41.3 Å². The molecule has 0 radical (unpaired) electrons. The van der Waals surface area contributed by atoms with Crippen molar-refractivity contribution >= 4 is 23.2 Å². The van der Waals surface area contributed by atoms with Crippen LogP contribution in [0.15, 0.2) is 18.2 Å². The predicted molar refractivity (Wildman–Crippen MR) is 73.8 cm³/mol. The lowest BCUT2D eigenvalue weighted by Gasteiger charge is -2.16. The molecule has 1 aromatic carbocycles. The van der Waals surface area contributed by atoms with Crippen LogP contribution in [-0.2, 0) is 6.54 Å². The fourth-order valence-electron chi connectivity index (χ4n) is 1.86. The molecule has 1 saturated carbocycles. The van der Waals surface area contributed by atoms with E-state index >= 15 is 0 Å². The summed E-state index contributed by atoms with van der Waals surface area (Å²) in [7, 11) is 2.19. The van der Waals surface area contributed by atoms with E-state index in [1.54, 1.807) is 0 Å². The molecule has 1 fully saturated rings. The predicted octanol–water partition coefficient (Wildman–Crippen LogP) is 3.18. The van der Waals surface area contributed by atoms with Crippen molar-refractivity contribution in [3.8, 4) is 0 Å². The van der Waals surface area contributed by atoms with E-state index in [1.807, 2.05) is 18.2 Å². The van der Waals surface area contributed by atoms with Gasteiger partial charge in [-0.15, -0.1) is 0 Å². The SMILES string of the molecule is CN(CCNCc1cc(Cl)ccc1Cl)C1CC1. The molecule has 0 aromatic heterocycles. The summed E-state index contributed by atoms with van der Waals surface area (Å²) < 4.78 is 0. The summed E-state index contributed by atoms with van der Waals surface area (Å²) in [6, 6.07) is 6.40. The third kappa shape index (κ3) is 4.14. The number of hydrogen-bond donors (Lipinski definition) is 1. The molecule has 94 valence electrons. The quantitative estimate of drug-likeness (QED) is 0.801. The van der Waals surface area contributed by atoms with Gasteiger partial charge in [0.1, 0.15) is 0 Å². The first-order valence-electron chi connectivity index (χ1n) is 6.01. The fourth-order valence-corrected chi connectivity index (χ4v) is 2.23.